The van der Waals surface area contributed by atoms with Gasteiger partial charge >= 0.3 is 0 Å². The number of aromatic amines is 1. The molecule has 0 bridgehead atoms. The summed E-state index contributed by atoms with van der Waals surface area (Å²) in [5.41, 5.74) is 0.243. The van der Waals surface area contributed by atoms with Crippen LogP contribution in [-0.2, 0) is 22.0 Å². The van der Waals surface area contributed by atoms with E-state index in [1.807, 2.05) is 31.4 Å². The van der Waals surface area contributed by atoms with Crippen LogP contribution >= 0.6 is 11.3 Å². The first-order chi connectivity index (χ1) is 9.78. The largest absolute Gasteiger partial charge is 0.390 e. The predicted octanol–water partition coefficient (Wildman–Crippen LogP) is 1.53. The van der Waals surface area contributed by atoms with E-state index in [0.29, 0.717) is 5.69 Å². The number of aromatic nitrogens is 2. The van der Waals surface area contributed by atoms with Crippen LogP contribution in [0.3, 0.4) is 0 Å². The van der Waals surface area contributed by atoms with Gasteiger partial charge in [0.15, 0.2) is 0 Å². The third kappa shape index (κ3) is 3.34. The number of nitrogens with one attached hydrogen (secondary N) is 2. The molecule has 2 aromatic rings. The first-order valence-corrected chi connectivity index (χ1v) is 8.82. The smallest absolute Gasteiger partial charge is 0.244 e. The summed E-state index contributed by atoms with van der Waals surface area (Å²) in [4.78, 5) is 1.14. The van der Waals surface area contributed by atoms with E-state index >= 15 is 0 Å². The number of aliphatic hydroxyl groups excluding tert-OH is 1. The number of sulfonamides is 1. The monoisotopic (exact) mass is 329 g/mol. The van der Waals surface area contributed by atoms with E-state index in [1.165, 1.54) is 0 Å². The minimum atomic E-state index is -3.71. The van der Waals surface area contributed by atoms with Gasteiger partial charge in [-0.2, -0.15) is 5.10 Å². The lowest BCUT2D eigenvalue weighted by atomic mass is 9.92. The quantitative estimate of drug-likeness (QED) is 0.749. The maximum Gasteiger partial charge on any atom is 0.244 e. The molecule has 116 valence electrons. The van der Waals surface area contributed by atoms with E-state index in [1.54, 1.807) is 18.3 Å². The summed E-state index contributed by atoms with van der Waals surface area (Å²) in [7, 11) is -3.71. The Balaban J connectivity index is 2.21. The van der Waals surface area contributed by atoms with Gasteiger partial charge in [-0.25, -0.2) is 13.1 Å². The van der Waals surface area contributed by atoms with Gasteiger partial charge in [0.2, 0.25) is 10.0 Å². The molecule has 8 heteroatoms. The summed E-state index contributed by atoms with van der Waals surface area (Å²) < 4.78 is 27.5. The molecule has 0 radical (unpaired) electrons. The lowest BCUT2D eigenvalue weighted by molar-refractivity contribution is 0.273. The normalized spacial score (nSPS) is 12.8. The van der Waals surface area contributed by atoms with Crippen molar-refractivity contribution in [2.75, 3.05) is 6.54 Å². The molecular weight excluding hydrogens is 310 g/mol. The second kappa shape index (κ2) is 5.88. The average molecular weight is 329 g/mol. The van der Waals surface area contributed by atoms with Crippen LogP contribution in [0.25, 0.3) is 0 Å². The first kappa shape index (κ1) is 16.2. The molecule has 0 saturated carbocycles. The molecule has 2 rings (SSSR count). The highest BCUT2D eigenvalue weighted by Gasteiger charge is 2.28. The number of aryl methyl sites for hydroxylation is 1. The molecule has 0 amide bonds. The Morgan fingerprint density at radius 2 is 2.19 bits per heavy atom. The highest BCUT2D eigenvalue weighted by Crippen LogP contribution is 2.27. The van der Waals surface area contributed by atoms with Gasteiger partial charge in [-0.15, -0.1) is 11.3 Å². The van der Waals surface area contributed by atoms with Crippen molar-refractivity contribution in [2.45, 2.75) is 37.7 Å². The van der Waals surface area contributed by atoms with Gasteiger partial charge < -0.3 is 5.11 Å². The maximum absolute atomic E-state index is 12.4. The van der Waals surface area contributed by atoms with Crippen LogP contribution in [0.5, 0.6) is 0 Å². The summed E-state index contributed by atoms with van der Waals surface area (Å²) in [5, 5.41) is 17.6. The van der Waals surface area contributed by atoms with Crippen molar-refractivity contribution in [3.05, 3.63) is 33.8 Å². The SMILES string of the molecule is Cc1[nH]nc(CO)c1S(=O)(=O)NCC(C)(C)c1cccs1. The lowest BCUT2D eigenvalue weighted by Gasteiger charge is -2.23. The zero-order valence-electron chi connectivity index (χ0n) is 12.2. The van der Waals surface area contributed by atoms with E-state index in [4.69, 9.17) is 0 Å². The Kier molecular flexibility index (Phi) is 4.52. The van der Waals surface area contributed by atoms with Crippen molar-refractivity contribution in [1.29, 1.82) is 0 Å². The van der Waals surface area contributed by atoms with Crippen molar-refractivity contribution in [1.82, 2.24) is 14.9 Å². The van der Waals surface area contributed by atoms with Crippen LogP contribution in [0.2, 0.25) is 0 Å². The molecular formula is C13H19N3O3S2. The van der Waals surface area contributed by atoms with Gasteiger partial charge in [0.05, 0.1) is 12.3 Å². The Morgan fingerprint density at radius 1 is 1.48 bits per heavy atom. The van der Waals surface area contributed by atoms with Crippen LogP contribution in [0.15, 0.2) is 22.4 Å². The Morgan fingerprint density at radius 3 is 2.76 bits per heavy atom. The summed E-state index contributed by atoms with van der Waals surface area (Å²) in [6.07, 6.45) is 0. The molecule has 2 heterocycles. The number of H-pyrrole nitrogens is 1. The van der Waals surface area contributed by atoms with Crippen LogP contribution in [0, 0.1) is 6.92 Å². The highest BCUT2D eigenvalue weighted by atomic mass is 32.2. The van der Waals surface area contributed by atoms with Gasteiger partial charge in [0, 0.05) is 16.8 Å². The summed E-state index contributed by atoms with van der Waals surface area (Å²) in [6, 6.07) is 3.93. The number of hydrogen-bond acceptors (Lipinski definition) is 5. The molecule has 3 N–H and O–H groups in total. The van der Waals surface area contributed by atoms with Gasteiger partial charge in [0.25, 0.3) is 0 Å². The molecule has 0 fully saturated rings. The van der Waals surface area contributed by atoms with E-state index in [0.717, 1.165) is 4.88 Å². The molecule has 0 aliphatic rings. The average Bonchev–Trinajstić information content (AvgIpc) is 3.06. The molecule has 0 aromatic carbocycles. The molecule has 0 aliphatic carbocycles. The molecule has 0 saturated heterocycles. The zero-order chi connectivity index (χ0) is 15.7. The van der Waals surface area contributed by atoms with E-state index < -0.39 is 16.6 Å². The topological polar surface area (TPSA) is 95.1 Å². The summed E-state index contributed by atoms with van der Waals surface area (Å²) in [6.45, 7) is 5.43. The van der Waals surface area contributed by atoms with Crippen molar-refractivity contribution in [3.8, 4) is 0 Å². The zero-order valence-corrected chi connectivity index (χ0v) is 13.8. The second-order valence-electron chi connectivity index (χ2n) is 5.47. The van der Waals surface area contributed by atoms with E-state index in [9.17, 15) is 13.5 Å². The van der Waals surface area contributed by atoms with Crippen LogP contribution in [0.4, 0.5) is 0 Å². The van der Waals surface area contributed by atoms with Crippen molar-refractivity contribution in [3.63, 3.8) is 0 Å². The predicted molar refractivity (Wildman–Crippen MR) is 81.8 cm³/mol. The molecule has 0 aliphatic heterocycles. The van der Waals surface area contributed by atoms with Crippen LogP contribution in [0.1, 0.15) is 30.1 Å². The molecule has 0 unspecified atom stereocenters. The van der Waals surface area contributed by atoms with Crippen molar-refractivity contribution < 1.29 is 13.5 Å². The highest BCUT2D eigenvalue weighted by molar-refractivity contribution is 7.89. The second-order valence-corrected chi connectivity index (χ2v) is 8.12. The molecule has 6 nitrogen and oxygen atoms in total. The third-order valence-electron chi connectivity index (χ3n) is 3.27. The van der Waals surface area contributed by atoms with Gasteiger partial charge in [-0.05, 0) is 18.4 Å². The number of thiophene rings is 1. The Labute approximate surface area is 128 Å². The van der Waals surface area contributed by atoms with Crippen LogP contribution in [-0.4, -0.2) is 30.3 Å². The number of nitrogens with zero attached hydrogens (tertiary/aromatic N) is 1. The summed E-state index contributed by atoms with van der Waals surface area (Å²) >= 11 is 1.60. The molecule has 0 spiro atoms. The fourth-order valence-corrected chi connectivity index (χ4v) is 4.45. The Bertz CT molecular complexity index is 703. The van der Waals surface area contributed by atoms with Crippen LogP contribution < -0.4 is 4.72 Å². The van der Waals surface area contributed by atoms with Gasteiger partial charge in [-0.3, -0.25) is 5.10 Å². The molecule has 0 atom stereocenters. The van der Waals surface area contributed by atoms with Crippen molar-refractivity contribution in [2.24, 2.45) is 0 Å². The molecule has 2 aromatic heterocycles. The standard InChI is InChI=1S/C13H19N3O3S2/c1-9-12(10(7-17)16-15-9)21(18,19)14-8-13(2,3)11-5-4-6-20-11/h4-6,14,17H,7-8H2,1-3H3,(H,15,16). The molecule has 21 heavy (non-hydrogen) atoms. The minimum Gasteiger partial charge on any atom is -0.390 e. The fraction of sp³-hybridized carbons (Fsp3) is 0.462. The van der Waals surface area contributed by atoms with Crippen molar-refractivity contribution >= 4 is 21.4 Å². The van der Waals surface area contributed by atoms with Gasteiger partial charge in [-0.1, -0.05) is 19.9 Å². The fourth-order valence-electron chi connectivity index (χ4n) is 2.03. The summed E-state index contributed by atoms with van der Waals surface area (Å²) in [5.74, 6) is 0. The maximum atomic E-state index is 12.4. The van der Waals surface area contributed by atoms with Gasteiger partial charge in [0.1, 0.15) is 10.6 Å². The Hall–Kier alpha value is -1.22. The lowest BCUT2D eigenvalue weighted by Crippen LogP contribution is -2.36. The number of rotatable bonds is 6. The number of hydrogen-bond donors (Lipinski definition) is 3. The minimum absolute atomic E-state index is 0.0342. The first-order valence-electron chi connectivity index (χ1n) is 6.46. The third-order valence-corrected chi connectivity index (χ3v) is 6.11. The van der Waals surface area contributed by atoms with E-state index in [-0.39, 0.29) is 22.5 Å². The van der Waals surface area contributed by atoms with E-state index in [2.05, 4.69) is 14.9 Å². The number of aliphatic hydroxyl groups is 1.